The average molecular weight is 315 g/mol. The van der Waals surface area contributed by atoms with Crippen LogP contribution < -0.4 is 5.32 Å². The molecule has 0 amide bonds. The lowest BCUT2D eigenvalue weighted by Gasteiger charge is -2.17. The molecule has 0 bridgehead atoms. The predicted octanol–water partition coefficient (Wildman–Crippen LogP) is 5.15. The Kier molecular flexibility index (Phi) is 5.12. The SMILES string of the molecule is CNC(Cc1ccc(Cl)cc1Cl)c1ccc(Cl)cc1. The number of nitrogens with one attached hydrogen (secondary N) is 1. The molecule has 4 heteroatoms. The summed E-state index contributed by atoms with van der Waals surface area (Å²) in [6.07, 6.45) is 0.800. The maximum Gasteiger partial charge on any atom is 0.0453 e. The van der Waals surface area contributed by atoms with Gasteiger partial charge in [-0.2, -0.15) is 0 Å². The largest absolute Gasteiger partial charge is 0.313 e. The van der Waals surface area contributed by atoms with Crippen LogP contribution in [0.1, 0.15) is 17.2 Å². The van der Waals surface area contributed by atoms with Crippen molar-refractivity contribution >= 4 is 34.8 Å². The lowest BCUT2D eigenvalue weighted by Crippen LogP contribution is -2.18. The zero-order valence-electron chi connectivity index (χ0n) is 10.5. The first-order valence-corrected chi connectivity index (χ1v) is 7.10. The molecule has 2 aromatic carbocycles. The Balaban J connectivity index is 2.21. The van der Waals surface area contributed by atoms with E-state index in [0.717, 1.165) is 17.0 Å². The maximum atomic E-state index is 6.21. The zero-order valence-corrected chi connectivity index (χ0v) is 12.7. The fourth-order valence-electron chi connectivity index (χ4n) is 1.99. The molecule has 0 aliphatic rings. The highest BCUT2D eigenvalue weighted by Crippen LogP contribution is 2.26. The monoisotopic (exact) mass is 313 g/mol. The molecule has 1 unspecified atom stereocenters. The van der Waals surface area contributed by atoms with E-state index < -0.39 is 0 Å². The van der Waals surface area contributed by atoms with E-state index >= 15 is 0 Å². The lowest BCUT2D eigenvalue weighted by atomic mass is 9.99. The van der Waals surface area contributed by atoms with Gasteiger partial charge in [-0.1, -0.05) is 53.0 Å². The molecule has 0 radical (unpaired) electrons. The van der Waals surface area contributed by atoms with E-state index in [1.54, 1.807) is 6.07 Å². The molecule has 0 saturated carbocycles. The minimum Gasteiger partial charge on any atom is -0.313 e. The highest BCUT2D eigenvalue weighted by atomic mass is 35.5. The van der Waals surface area contributed by atoms with E-state index in [-0.39, 0.29) is 6.04 Å². The molecule has 0 spiro atoms. The van der Waals surface area contributed by atoms with E-state index in [1.165, 1.54) is 5.56 Å². The predicted molar refractivity (Wildman–Crippen MR) is 83.4 cm³/mol. The van der Waals surface area contributed by atoms with Gasteiger partial charge in [-0.25, -0.2) is 0 Å². The second-order valence-electron chi connectivity index (χ2n) is 4.33. The van der Waals surface area contributed by atoms with E-state index in [2.05, 4.69) is 5.32 Å². The Morgan fingerprint density at radius 1 is 0.947 bits per heavy atom. The third-order valence-electron chi connectivity index (χ3n) is 3.06. The molecule has 1 N–H and O–H groups in total. The van der Waals surface area contributed by atoms with Crippen molar-refractivity contribution in [3.63, 3.8) is 0 Å². The summed E-state index contributed by atoms with van der Waals surface area (Å²) in [5, 5.41) is 5.38. The molecule has 2 aromatic rings. The van der Waals surface area contributed by atoms with Crippen LogP contribution in [0.25, 0.3) is 0 Å². The van der Waals surface area contributed by atoms with Gasteiger partial charge in [0.2, 0.25) is 0 Å². The van der Waals surface area contributed by atoms with Crippen molar-refractivity contribution < 1.29 is 0 Å². The topological polar surface area (TPSA) is 12.0 Å². The first kappa shape index (κ1) is 14.7. The summed E-state index contributed by atoms with van der Waals surface area (Å²) < 4.78 is 0. The summed E-state index contributed by atoms with van der Waals surface area (Å²) in [4.78, 5) is 0. The average Bonchev–Trinajstić information content (AvgIpc) is 2.39. The molecule has 0 aromatic heterocycles. The number of halogens is 3. The van der Waals surface area contributed by atoms with Crippen LogP contribution in [0.4, 0.5) is 0 Å². The minimum atomic E-state index is 0.191. The van der Waals surface area contributed by atoms with Gasteiger partial charge in [-0.15, -0.1) is 0 Å². The van der Waals surface area contributed by atoms with Gasteiger partial charge >= 0.3 is 0 Å². The van der Waals surface area contributed by atoms with Gasteiger partial charge in [-0.3, -0.25) is 0 Å². The zero-order chi connectivity index (χ0) is 13.8. The fourth-order valence-corrected chi connectivity index (χ4v) is 2.60. The summed E-state index contributed by atoms with van der Waals surface area (Å²) in [5.41, 5.74) is 2.25. The molecular formula is C15H14Cl3N. The summed E-state index contributed by atoms with van der Waals surface area (Å²) in [7, 11) is 1.93. The quantitative estimate of drug-likeness (QED) is 0.823. The summed E-state index contributed by atoms with van der Waals surface area (Å²) in [5.74, 6) is 0. The first-order valence-electron chi connectivity index (χ1n) is 5.97. The van der Waals surface area contributed by atoms with Crippen LogP contribution in [0.2, 0.25) is 15.1 Å². The molecule has 0 aliphatic carbocycles. The van der Waals surface area contributed by atoms with Crippen molar-refractivity contribution in [3.8, 4) is 0 Å². The molecule has 0 saturated heterocycles. The second-order valence-corrected chi connectivity index (χ2v) is 5.61. The normalized spacial score (nSPS) is 12.4. The molecule has 0 heterocycles. The van der Waals surface area contributed by atoms with E-state index in [9.17, 15) is 0 Å². The van der Waals surface area contributed by atoms with Crippen molar-refractivity contribution in [2.45, 2.75) is 12.5 Å². The van der Waals surface area contributed by atoms with Gasteiger partial charge in [0, 0.05) is 21.1 Å². The van der Waals surface area contributed by atoms with Crippen molar-refractivity contribution in [2.75, 3.05) is 7.05 Å². The third kappa shape index (κ3) is 3.87. The van der Waals surface area contributed by atoms with Crippen LogP contribution in [-0.2, 0) is 6.42 Å². The molecule has 2 rings (SSSR count). The van der Waals surface area contributed by atoms with Crippen molar-refractivity contribution in [1.29, 1.82) is 0 Å². The third-order valence-corrected chi connectivity index (χ3v) is 3.90. The molecule has 0 fully saturated rings. The summed E-state index contributed by atoms with van der Waals surface area (Å²) in [6, 6.07) is 13.6. The summed E-state index contributed by atoms with van der Waals surface area (Å²) >= 11 is 18.0. The second kappa shape index (κ2) is 6.62. The van der Waals surface area contributed by atoms with Crippen LogP contribution in [-0.4, -0.2) is 7.05 Å². The minimum absolute atomic E-state index is 0.191. The molecule has 1 atom stereocenters. The van der Waals surface area contributed by atoms with Gasteiger partial charge in [-0.05, 0) is 48.9 Å². The van der Waals surface area contributed by atoms with Gasteiger partial charge in [0.25, 0.3) is 0 Å². The highest BCUT2D eigenvalue weighted by Gasteiger charge is 2.12. The molecule has 0 aliphatic heterocycles. The fraction of sp³-hybridized carbons (Fsp3) is 0.200. The molecule has 100 valence electrons. The Bertz CT molecular complexity index is 552. The Hall–Kier alpha value is -0.730. The number of rotatable bonds is 4. The van der Waals surface area contributed by atoms with Crippen molar-refractivity contribution in [2.24, 2.45) is 0 Å². The van der Waals surface area contributed by atoms with Crippen LogP contribution in [0.5, 0.6) is 0 Å². The van der Waals surface area contributed by atoms with Gasteiger partial charge in [0.1, 0.15) is 0 Å². The van der Waals surface area contributed by atoms with Crippen LogP contribution in [0, 0.1) is 0 Å². The van der Waals surface area contributed by atoms with Crippen molar-refractivity contribution in [3.05, 3.63) is 68.7 Å². The molecular weight excluding hydrogens is 301 g/mol. The van der Waals surface area contributed by atoms with E-state index in [1.807, 2.05) is 43.4 Å². The molecule has 19 heavy (non-hydrogen) atoms. The van der Waals surface area contributed by atoms with Crippen molar-refractivity contribution in [1.82, 2.24) is 5.32 Å². The maximum absolute atomic E-state index is 6.21. The Morgan fingerprint density at radius 2 is 1.58 bits per heavy atom. The summed E-state index contributed by atoms with van der Waals surface area (Å²) in [6.45, 7) is 0. The standard InChI is InChI=1S/C15H14Cl3N/c1-19-15(10-2-5-12(16)6-3-10)8-11-4-7-13(17)9-14(11)18/h2-7,9,15,19H,8H2,1H3. The Morgan fingerprint density at radius 3 is 2.16 bits per heavy atom. The van der Waals surface area contributed by atoms with Gasteiger partial charge in [0.15, 0.2) is 0 Å². The molecule has 1 nitrogen and oxygen atoms in total. The highest BCUT2D eigenvalue weighted by molar-refractivity contribution is 6.35. The first-order chi connectivity index (χ1) is 9.10. The van der Waals surface area contributed by atoms with Gasteiger partial charge < -0.3 is 5.32 Å². The number of hydrogen-bond donors (Lipinski definition) is 1. The van der Waals surface area contributed by atoms with Crippen LogP contribution in [0.15, 0.2) is 42.5 Å². The number of likely N-dealkylation sites (N-methyl/N-ethyl adjacent to an activating group) is 1. The van der Waals surface area contributed by atoms with Crippen LogP contribution in [0.3, 0.4) is 0 Å². The lowest BCUT2D eigenvalue weighted by molar-refractivity contribution is 0.592. The van der Waals surface area contributed by atoms with E-state index in [4.69, 9.17) is 34.8 Å². The smallest absolute Gasteiger partial charge is 0.0453 e. The number of hydrogen-bond acceptors (Lipinski definition) is 1. The van der Waals surface area contributed by atoms with Crippen LogP contribution >= 0.6 is 34.8 Å². The van der Waals surface area contributed by atoms with Gasteiger partial charge in [0.05, 0.1) is 0 Å². The Labute approximate surface area is 128 Å². The number of benzene rings is 2. The van der Waals surface area contributed by atoms with E-state index in [0.29, 0.717) is 10.0 Å².